The van der Waals surface area contributed by atoms with Gasteiger partial charge in [0.2, 0.25) is 11.9 Å². The molecule has 7 nitrogen and oxygen atoms in total. The van der Waals surface area contributed by atoms with Crippen molar-refractivity contribution in [3.63, 3.8) is 0 Å². The monoisotopic (exact) mass is 293 g/mol. The van der Waals surface area contributed by atoms with Gasteiger partial charge in [-0.15, -0.1) is 0 Å². The lowest BCUT2D eigenvalue weighted by Gasteiger charge is -2.27. The van der Waals surface area contributed by atoms with Crippen molar-refractivity contribution < 1.29 is 9.47 Å². The van der Waals surface area contributed by atoms with Crippen molar-refractivity contribution in [2.75, 3.05) is 50.2 Å². The highest BCUT2D eigenvalue weighted by Crippen LogP contribution is 2.25. The van der Waals surface area contributed by atoms with Crippen molar-refractivity contribution in [3.05, 3.63) is 0 Å². The van der Waals surface area contributed by atoms with Crippen molar-refractivity contribution in [3.8, 4) is 6.01 Å². The van der Waals surface area contributed by atoms with E-state index in [1.54, 1.807) is 7.05 Å². The number of aromatic nitrogens is 3. The van der Waals surface area contributed by atoms with Crippen LogP contribution in [0.1, 0.15) is 25.7 Å². The number of hydrogen-bond acceptors (Lipinski definition) is 7. The summed E-state index contributed by atoms with van der Waals surface area (Å²) in [7, 11) is 1.80. The largest absolute Gasteiger partial charge is 0.463 e. The first-order valence-electron chi connectivity index (χ1n) is 7.74. The summed E-state index contributed by atoms with van der Waals surface area (Å²) >= 11 is 0. The second-order valence-electron chi connectivity index (χ2n) is 5.55. The van der Waals surface area contributed by atoms with Crippen LogP contribution in [0.3, 0.4) is 0 Å². The number of morpholine rings is 1. The van der Waals surface area contributed by atoms with Gasteiger partial charge in [0.1, 0.15) is 0 Å². The smallest absolute Gasteiger partial charge is 0.323 e. The highest BCUT2D eigenvalue weighted by Gasteiger charge is 2.19. The molecule has 0 atom stereocenters. The predicted octanol–water partition coefficient (Wildman–Crippen LogP) is 1.32. The molecule has 1 aromatic rings. The zero-order valence-corrected chi connectivity index (χ0v) is 12.5. The zero-order valence-electron chi connectivity index (χ0n) is 12.5. The summed E-state index contributed by atoms with van der Waals surface area (Å²) < 4.78 is 11.2. The lowest BCUT2D eigenvalue weighted by atomic mass is 10.1. The van der Waals surface area contributed by atoms with Crippen molar-refractivity contribution >= 4 is 11.9 Å². The molecule has 1 N–H and O–H groups in total. The van der Waals surface area contributed by atoms with E-state index in [4.69, 9.17) is 9.47 Å². The molecule has 1 saturated heterocycles. The Morgan fingerprint density at radius 3 is 2.67 bits per heavy atom. The molecule has 116 valence electrons. The maximum Gasteiger partial charge on any atom is 0.323 e. The first-order chi connectivity index (χ1) is 10.3. The lowest BCUT2D eigenvalue weighted by molar-refractivity contribution is 0.122. The standard InChI is InChI=1S/C14H23N5O2/c1-15-12-16-13(19-6-8-20-9-7-19)18-14(17-12)21-10-11-4-2-3-5-11/h11H,2-10H2,1H3,(H,15,16,17,18). The molecule has 2 heterocycles. The molecule has 1 aliphatic heterocycles. The third-order valence-electron chi connectivity index (χ3n) is 4.04. The summed E-state index contributed by atoms with van der Waals surface area (Å²) in [6, 6.07) is 0.419. The second-order valence-corrected chi connectivity index (χ2v) is 5.55. The molecular formula is C14H23N5O2. The highest BCUT2D eigenvalue weighted by atomic mass is 16.5. The van der Waals surface area contributed by atoms with E-state index in [0.717, 1.165) is 13.1 Å². The molecule has 0 spiro atoms. The summed E-state index contributed by atoms with van der Waals surface area (Å²) in [5, 5.41) is 2.97. The van der Waals surface area contributed by atoms with Gasteiger partial charge in [-0.1, -0.05) is 12.8 Å². The van der Waals surface area contributed by atoms with Crippen LogP contribution < -0.4 is 15.0 Å². The van der Waals surface area contributed by atoms with Crippen LogP contribution in [0, 0.1) is 5.92 Å². The van der Waals surface area contributed by atoms with Crippen LogP contribution >= 0.6 is 0 Å². The van der Waals surface area contributed by atoms with Crippen molar-refractivity contribution in [2.24, 2.45) is 5.92 Å². The van der Waals surface area contributed by atoms with Gasteiger partial charge in [0.25, 0.3) is 0 Å². The van der Waals surface area contributed by atoms with Crippen LogP contribution in [0.4, 0.5) is 11.9 Å². The summed E-state index contributed by atoms with van der Waals surface area (Å²) in [6.07, 6.45) is 5.12. The van der Waals surface area contributed by atoms with Gasteiger partial charge in [-0.25, -0.2) is 0 Å². The molecule has 1 saturated carbocycles. The Balaban J connectivity index is 1.69. The average molecular weight is 293 g/mol. The number of nitrogens with zero attached hydrogens (tertiary/aromatic N) is 4. The van der Waals surface area contributed by atoms with Gasteiger partial charge in [-0.2, -0.15) is 15.0 Å². The molecule has 21 heavy (non-hydrogen) atoms. The summed E-state index contributed by atoms with van der Waals surface area (Å²) in [5.41, 5.74) is 0. The van der Waals surface area contributed by atoms with Gasteiger partial charge in [0.05, 0.1) is 19.8 Å². The van der Waals surface area contributed by atoms with E-state index in [0.29, 0.717) is 43.6 Å². The molecule has 2 aliphatic rings. The topological polar surface area (TPSA) is 72.4 Å². The fourth-order valence-electron chi connectivity index (χ4n) is 2.80. The van der Waals surface area contributed by atoms with E-state index in [9.17, 15) is 0 Å². The second kappa shape index (κ2) is 6.89. The minimum absolute atomic E-state index is 0.419. The molecule has 0 amide bonds. The zero-order chi connectivity index (χ0) is 14.5. The van der Waals surface area contributed by atoms with Crippen LogP contribution in [-0.4, -0.2) is 54.9 Å². The Morgan fingerprint density at radius 1 is 1.19 bits per heavy atom. The fourth-order valence-corrected chi connectivity index (χ4v) is 2.80. The number of ether oxygens (including phenoxy) is 2. The van der Waals surface area contributed by atoms with Crippen molar-refractivity contribution in [1.82, 2.24) is 15.0 Å². The van der Waals surface area contributed by atoms with Gasteiger partial charge >= 0.3 is 6.01 Å². The molecule has 0 aromatic carbocycles. The quantitative estimate of drug-likeness (QED) is 0.877. The van der Waals surface area contributed by atoms with Gasteiger partial charge in [-0.05, 0) is 18.8 Å². The summed E-state index contributed by atoms with van der Waals surface area (Å²) in [5.74, 6) is 1.86. The predicted molar refractivity (Wildman–Crippen MR) is 79.9 cm³/mol. The first kappa shape index (κ1) is 14.3. The molecule has 0 bridgehead atoms. The normalized spacial score (nSPS) is 19.8. The van der Waals surface area contributed by atoms with E-state index in [-0.39, 0.29) is 0 Å². The van der Waals surface area contributed by atoms with E-state index < -0.39 is 0 Å². The van der Waals surface area contributed by atoms with E-state index in [1.165, 1.54) is 25.7 Å². The lowest BCUT2D eigenvalue weighted by Crippen LogP contribution is -2.37. The highest BCUT2D eigenvalue weighted by molar-refractivity contribution is 5.38. The van der Waals surface area contributed by atoms with Crippen LogP contribution in [0.15, 0.2) is 0 Å². The van der Waals surface area contributed by atoms with E-state index >= 15 is 0 Å². The average Bonchev–Trinajstić information content (AvgIpc) is 3.07. The first-order valence-corrected chi connectivity index (χ1v) is 7.74. The van der Waals surface area contributed by atoms with Crippen molar-refractivity contribution in [2.45, 2.75) is 25.7 Å². The third kappa shape index (κ3) is 3.72. The van der Waals surface area contributed by atoms with Crippen molar-refractivity contribution in [1.29, 1.82) is 0 Å². The van der Waals surface area contributed by atoms with Gasteiger partial charge < -0.3 is 19.7 Å². The molecular weight excluding hydrogens is 270 g/mol. The summed E-state index contributed by atoms with van der Waals surface area (Å²) in [4.78, 5) is 15.3. The molecule has 2 fully saturated rings. The maximum atomic E-state index is 5.80. The minimum atomic E-state index is 0.419. The van der Waals surface area contributed by atoms with Gasteiger partial charge in [0.15, 0.2) is 0 Å². The molecule has 3 rings (SSSR count). The number of hydrogen-bond donors (Lipinski definition) is 1. The fraction of sp³-hybridized carbons (Fsp3) is 0.786. The van der Waals surface area contributed by atoms with Crippen LogP contribution in [-0.2, 0) is 4.74 Å². The maximum absolute atomic E-state index is 5.80. The minimum Gasteiger partial charge on any atom is -0.463 e. The number of rotatable bonds is 5. The van der Waals surface area contributed by atoms with E-state index in [1.807, 2.05) is 0 Å². The van der Waals surface area contributed by atoms with Gasteiger partial charge in [0, 0.05) is 20.1 Å². The van der Waals surface area contributed by atoms with Crippen LogP contribution in [0.5, 0.6) is 6.01 Å². The molecule has 1 aliphatic carbocycles. The molecule has 1 aromatic heterocycles. The van der Waals surface area contributed by atoms with E-state index in [2.05, 4.69) is 25.2 Å². The van der Waals surface area contributed by atoms with Crippen LogP contribution in [0.25, 0.3) is 0 Å². The molecule has 0 unspecified atom stereocenters. The number of nitrogens with one attached hydrogen (secondary N) is 1. The Morgan fingerprint density at radius 2 is 1.95 bits per heavy atom. The SMILES string of the molecule is CNc1nc(OCC2CCCC2)nc(N2CCOCC2)n1. The van der Waals surface area contributed by atoms with Crippen LogP contribution in [0.2, 0.25) is 0 Å². The summed E-state index contributed by atoms with van der Waals surface area (Å²) in [6.45, 7) is 3.72. The Hall–Kier alpha value is -1.63. The third-order valence-corrected chi connectivity index (χ3v) is 4.04. The molecule has 0 radical (unpaired) electrons. The van der Waals surface area contributed by atoms with Gasteiger partial charge in [-0.3, -0.25) is 0 Å². The molecule has 7 heteroatoms. The Bertz CT molecular complexity index is 459. The number of anilines is 2. The Labute approximate surface area is 125 Å². The Kier molecular flexibility index (Phi) is 4.69.